The van der Waals surface area contributed by atoms with Crippen molar-refractivity contribution in [2.75, 3.05) is 12.0 Å². The van der Waals surface area contributed by atoms with Crippen LogP contribution in [0.5, 0.6) is 5.75 Å². The molecule has 0 radical (unpaired) electrons. The molecule has 0 heterocycles. The lowest BCUT2D eigenvalue weighted by molar-refractivity contribution is -0.134. The lowest BCUT2D eigenvalue weighted by Gasteiger charge is -2.56. The lowest BCUT2D eigenvalue weighted by atomic mass is 9.53. The minimum absolute atomic E-state index is 0.0528. The number of hydrogen-bond donors (Lipinski definition) is 0. The number of ether oxygens (including phenoxy) is 1. The first-order valence-corrected chi connectivity index (χ1v) is 11.5. The Hall–Kier alpha value is -1.21. The van der Waals surface area contributed by atoms with Crippen LogP contribution in [0.25, 0.3) is 0 Å². The molecule has 4 aliphatic rings. The Bertz CT molecular complexity index is 885. The molecule has 4 fully saturated rings. The number of sulfone groups is 1. The molecule has 1 aromatic carbocycles. The summed E-state index contributed by atoms with van der Waals surface area (Å²) in [5, 5.41) is 0.0528. The van der Waals surface area contributed by atoms with E-state index in [-0.39, 0.29) is 34.3 Å². The van der Waals surface area contributed by atoms with Crippen LogP contribution in [0.3, 0.4) is 0 Å². The van der Waals surface area contributed by atoms with E-state index >= 15 is 0 Å². The van der Waals surface area contributed by atoms with E-state index in [1.165, 1.54) is 0 Å². The summed E-state index contributed by atoms with van der Waals surface area (Å²) in [6.07, 6.45) is 4.10. The van der Waals surface area contributed by atoms with Crippen LogP contribution in [0.4, 0.5) is 8.78 Å². The van der Waals surface area contributed by atoms with Crippen molar-refractivity contribution < 1.29 is 26.7 Å². The Morgan fingerprint density at radius 1 is 1.26 bits per heavy atom. The molecule has 0 aliphatic heterocycles. The van der Waals surface area contributed by atoms with Crippen molar-refractivity contribution in [1.82, 2.24) is 0 Å². The van der Waals surface area contributed by atoms with Crippen LogP contribution in [0, 0.1) is 23.6 Å². The van der Waals surface area contributed by atoms with Gasteiger partial charge < -0.3 is 4.74 Å². The Balaban J connectivity index is 1.55. The van der Waals surface area contributed by atoms with Gasteiger partial charge in [-0.25, -0.2) is 17.2 Å². The number of hydrogen-bond acceptors (Lipinski definition) is 4. The normalized spacial score (nSPS) is 34.7. The molecule has 0 spiro atoms. The molecule has 0 amide bonds. The minimum Gasteiger partial charge on any atom is -0.488 e. The van der Waals surface area contributed by atoms with Gasteiger partial charge in [0.05, 0.1) is 10.6 Å². The first-order chi connectivity index (χ1) is 12.5. The van der Waals surface area contributed by atoms with Gasteiger partial charge in [-0.1, -0.05) is 11.6 Å². The number of carbonyl (C=O) groups excluding carboxylic acids is 1. The Kier molecular flexibility index (Phi) is 4.54. The highest BCUT2D eigenvalue weighted by molar-refractivity contribution is 7.91. The van der Waals surface area contributed by atoms with Crippen molar-refractivity contribution in [2.24, 2.45) is 17.8 Å². The molecule has 27 heavy (non-hydrogen) atoms. The summed E-state index contributed by atoms with van der Waals surface area (Å²) in [5.74, 6) is -1.80. The summed E-state index contributed by atoms with van der Waals surface area (Å²) in [6, 6.07) is 2.15. The van der Waals surface area contributed by atoms with Gasteiger partial charge in [-0.2, -0.15) is 0 Å². The molecule has 4 bridgehead atoms. The van der Waals surface area contributed by atoms with E-state index < -0.39 is 32.9 Å². The van der Waals surface area contributed by atoms with Crippen molar-refractivity contribution in [3.63, 3.8) is 0 Å². The number of carbonyl (C=O) groups is 1. The SMILES string of the molecule is CS(=O)(=O)CC(=O)c1cc(Cl)c(OC2C3CC4CC2CC(F)(C4)C3)cc1F. The monoisotopic (exact) mass is 418 g/mol. The van der Waals surface area contributed by atoms with E-state index in [1.807, 2.05) is 0 Å². The molecule has 8 heteroatoms. The summed E-state index contributed by atoms with van der Waals surface area (Å²) in [4.78, 5) is 12.0. The first kappa shape index (κ1) is 19.1. The number of Topliss-reactive ketones (excluding diaryl/α,β-unsaturated/α-hetero) is 1. The Morgan fingerprint density at radius 3 is 2.44 bits per heavy atom. The van der Waals surface area contributed by atoms with Crippen LogP contribution >= 0.6 is 11.6 Å². The summed E-state index contributed by atoms with van der Waals surface area (Å²) in [6.45, 7) is 0. The van der Waals surface area contributed by atoms with Gasteiger partial charge in [0.2, 0.25) is 0 Å². The molecular weight excluding hydrogens is 398 g/mol. The highest BCUT2D eigenvalue weighted by Crippen LogP contribution is 2.58. The molecule has 0 N–H and O–H groups in total. The second-order valence-electron chi connectivity index (χ2n) is 8.46. The third-order valence-corrected chi connectivity index (χ3v) is 7.17. The molecule has 2 atom stereocenters. The zero-order valence-electron chi connectivity index (χ0n) is 14.9. The predicted octanol–water partition coefficient (Wildman–Crippen LogP) is 4.00. The number of benzene rings is 1. The number of ketones is 1. The quantitative estimate of drug-likeness (QED) is 0.678. The first-order valence-electron chi connectivity index (χ1n) is 9.08. The van der Waals surface area contributed by atoms with E-state index in [0.29, 0.717) is 25.2 Å². The zero-order chi connectivity index (χ0) is 19.6. The van der Waals surface area contributed by atoms with Crippen molar-refractivity contribution in [3.8, 4) is 5.75 Å². The maximum atomic E-state index is 14.8. The fourth-order valence-corrected chi connectivity index (χ4v) is 6.21. The standard InChI is InChI=1S/C19H21ClF2O4S/c1-27(24,25)9-16(23)13-4-14(20)17(5-15(13)21)26-18-11-2-10-3-12(18)8-19(22,6-10)7-11/h4-5,10-12,18H,2-3,6-9H2,1H3. The van der Waals surface area contributed by atoms with Gasteiger partial charge in [0.15, 0.2) is 15.6 Å². The third-order valence-electron chi connectivity index (χ3n) is 6.09. The molecule has 0 aromatic heterocycles. The smallest absolute Gasteiger partial charge is 0.180 e. The van der Waals surface area contributed by atoms with Crippen LogP contribution in [0.1, 0.15) is 42.5 Å². The van der Waals surface area contributed by atoms with Crippen molar-refractivity contribution >= 4 is 27.2 Å². The fourth-order valence-electron chi connectivity index (χ4n) is 5.37. The zero-order valence-corrected chi connectivity index (χ0v) is 16.5. The molecule has 4 aliphatic carbocycles. The van der Waals surface area contributed by atoms with Gasteiger partial charge in [0.25, 0.3) is 0 Å². The van der Waals surface area contributed by atoms with Crippen LogP contribution in [-0.2, 0) is 9.84 Å². The second-order valence-corrected chi connectivity index (χ2v) is 11.0. The number of alkyl halides is 1. The summed E-state index contributed by atoms with van der Waals surface area (Å²) >= 11 is 6.19. The molecule has 2 unspecified atom stereocenters. The number of rotatable bonds is 5. The molecule has 0 saturated heterocycles. The van der Waals surface area contributed by atoms with Crippen LogP contribution < -0.4 is 4.74 Å². The van der Waals surface area contributed by atoms with Crippen molar-refractivity contribution in [2.45, 2.75) is 43.9 Å². The summed E-state index contributed by atoms with van der Waals surface area (Å²) in [7, 11) is -3.58. The molecule has 4 saturated carbocycles. The van der Waals surface area contributed by atoms with Gasteiger partial charge in [0, 0.05) is 12.3 Å². The van der Waals surface area contributed by atoms with Gasteiger partial charge in [0.1, 0.15) is 29.1 Å². The second kappa shape index (κ2) is 6.41. The maximum Gasteiger partial charge on any atom is 0.180 e. The molecule has 4 nitrogen and oxygen atoms in total. The molecule has 148 valence electrons. The Labute approximate surface area is 162 Å². The van der Waals surface area contributed by atoms with Crippen LogP contribution in [0.2, 0.25) is 5.02 Å². The maximum absolute atomic E-state index is 14.8. The van der Waals surface area contributed by atoms with E-state index in [1.54, 1.807) is 0 Å². The van der Waals surface area contributed by atoms with Crippen molar-refractivity contribution in [3.05, 3.63) is 28.5 Å². The predicted molar refractivity (Wildman–Crippen MR) is 97.3 cm³/mol. The van der Waals surface area contributed by atoms with Crippen molar-refractivity contribution in [1.29, 1.82) is 0 Å². The van der Waals surface area contributed by atoms with Gasteiger partial charge >= 0.3 is 0 Å². The van der Waals surface area contributed by atoms with E-state index in [4.69, 9.17) is 16.3 Å². The van der Waals surface area contributed by atoms with Gasteiger partial charge in [-0.15, -0.1) is 0 Å². The average molecular weight is 419 g/mol. The fraction of sp³-hybridized carbons (Fsp3) is 0.632. The molecular formula is C19H21ClF2O4S. The van der Waals surface area contributed by atoms with E-state index in [0.717, 1.165) is 31.2 Å². The van der Waals surface area contributed by atoms with Gasteiger partial charge in [-0.05, 0) is 55.9 Å². The lowest BCUT2D eigenvalue weighted by Crippen LogP contribution is -2.56. The van der Waals surface area contributed by atoms with E-state index in [9.17, 15) is 22.0 Å². The minimum atomic E-state index is -3.58. The summed E-state index contributed by atoms with van der Waals surface area (Å²) < 4.78 is 57.8. The largest absolute Gasteiger partial charge is 0.488 e. The topological polar surface area (TPSA) is 60.4 Å². The van der Waals surface area contributed by atoms with Crippen LogP contribution in [-0.4, -0.2) is 38.0 Å². The van der Waals surface area contributed by atoms with Gasteiger partial charge in [-0.3, -0.25) is 4.79 Å². The molecule has 5 rings (SSSR count). The summed E-state index contributed by atoms with van der Waals surface area (Å²) in [5.41, 5.74) is -1.46. The average Bonchev–Trinajstić information content (AvgIpc) is 2.50. The highest BCUT2D eigenvalue weighted by Gasteiger charge is 2.57. The van der Waals surface area contributed by atoms with E-state index in [2.05, 4.69) is 0 Å². The van der Waals surface area contributed by atoms with Crippen LogP contribution in [0.15, 0.2) is 12.1 Å². The number of halogens is 3. The highest BCUT2D eigenvalue weighted by atomic mass is 35.5. The molecule has 1 aromatic rings. The Morgan fingerprint density at radius 2 is 1.89 bits per heavy atom. The third kappa shape index (κ3) is 3.73.